The summed E-state index contributed by atoms with van der Waals surface area (Å²) in [5, 5.41) is 0. The molecule has 1 fully saturated rings. The van der Waals surface area contributed by atoms with Gasteiger partial charge in [0.25, 0.3) is 0 Å². The smallest absolute Gasteiger partial charge is 0.239 e. The zero-order valence-corrected chi connectivity index (χ0v) is 11.8. The molecule has 1 saturated heterocycles. The van der Waals surface area contributed by atoms with Gasteiger partial charge in [0.1, 0.15) is 0 Å². The third-order valence-electron chi connectivity index (χ3n) is 3.39. The van der Waals surface area contributed by atoms with Gasteiger partial charge < -0.3 is 10.6 Å². The number of benzene rings is 1. The van der Waals surface area contributed by atoms with E-state index in [2.05, 4.69) is 0 Å². The lowest BCUT2D eigenvalue weighted by Crippen LogP contribution is -2.49. The van der Waals surface area contributed by atoms with Crippen molar-refractivity contribution in [3.63, 3.8) is 0 Å². The van der Waals surface area contributed by atoms with Crippen LogP contribution in [-0.2, 0) is 22.0 Å². The molecule has 1 aromatic carbocycles. The van der Waals surface area contributed by atoms with E-state index < -0.39 is 16.8 Å². The molecule has 104 valence electrons. The molecule has 19 heavy (non-hydrogen) atoms. The average molecular weight is 280 g/mol. The van der Waals surface area contributed by atoms with Gasteiger partial charge in [-0.05, 0) is 18.4 Å². The van der Waals surface area contributed by atoms with Crippen LogP contribution >= 0.6 is 0 Å². The molecule has 1 aromatic rings. The highest BCUT2D eigenvalue weighted by Crippen LogP contribution is 2.08. The second kappa shape index (κ2) is 6.82. The lowest BCUT2D eigenvalue weighted by Gasteiger charge is -2.28. The first-order valence-electron chi connectivity index (χ1n) is 6.60. The van der Waals surface area contributed by atoms with Crippen LogP contribution in [0.2, 0.25) is 0 Å². The number of carbonyl (C=O) groups excluding carboxylic acids is 1. The second-order valence-corrected chi connectivity index (χ2v) is 6.50. The third-order valence-corrected chi connectivity index (χ3v) is 4.67. The summed E-state index contributed by atoms with van der Waals surface area (Å²) in [7, 11) is -0.759. The van der Waals surface area contributed by atoms with Crippen LogP contribution in [0.1, 0.15) is 12.0 Å². The van der Waals surface area contributed by atoms with E-state index in [1.807, 2.05) is 30.3 Å². The maximum absolute atomic E-state index is 12.1. The molecule has 1 amide bonds. The van der Waals surface area contributed by atoms with Crippen LogP contribution in [0.5, 0.6) is 0 Å². The Labute approximate surface area is 116 Å². The predicted octanol–water partition coefficient (Wildman–Crippen LogP) is 0.537. The van der Waals surface area contributed by atoms with E-state index in [9.17, 15) is 9.00 Å². The van der Waals surface area contributed by atoms with Gasteiger partial charge in [-0.3, -0.25) is 9.00 Å². The van der Waals surface area contributed by atoms with Crippen LogP contribution in [0.25, 0.3) is 0 Å². The Kier molecular flexibility index (Phi) is 5.10. The number of nitrogens with zero attached hydrogens (tertiary/aromatic N) is 1. The maximum Gasteiger partial charge on any atom is 0.239 e. The molecule has 1 aliphatic heterocycles. The molecule has 1 atom stereocenters. The van der Waals surface area contributed by atoms with E-state index in [-0.39, 0.29) is 5.91 Å². The van der Waals surface area contributed by atoms with Gasteiger partial charge in [-0.1, -0.05) is 30.3 Å². The summed E-state index contributed by atoms with van der Waals surface area (Å²) in [6, 6.07) is 9.59. The van der Waals surface area contributed by atoms with Gasteiger partial charge in [-0.15, -0.1) is 0 Å². The number of hydrogen-bond acceptors (Lipinski definition) is 3. The number of nitrogens with two attached hydrogens (primary N) is 1. The fourth-order valence-electron chi connectivity index (χ4n) is 2.18. The Morgan fingerprint density at radius 2 is 1.89 bits per heavy atom. The molecule has 4 nitrogen and oxygen atoms in total. The summed E-state index contributed by atoms with van der Waals surface area (Å²) in [6.07, 6.45) is 1.47. The molecule has 0 spiro atoms. The van der Waals surface area contributed by atoms with Crippen molar-refractivity contribution in [2.75, 3.05) is 24.6 Å². The van der Waals surface area contributed by atoms with Crippen molar-refractivity contribution in [3.05, 3.63) is 35.9 Å². The second-order valence-electron chi connectivity index (χ2n) is 4.80. The standard InChI is InChI=1S/C14H20N2O2S/c15-13(7-6-12-4-2-1-3-5-12)14(17)16-8-10-19(18)11-9-16/h1-5,13H,6-11,15H2/t13-/m0/s1. The Morgan fingerprint density at radius 1 is 1.26 bits per heavy atom. The molecule has 0 bridgehead atoms. The van der Waals surface area contributed by atoms with Crippen molar-refractivity contribution >= 4 is 16.7 Å². The first-order valence-corrected chi connectivity index (χ1v) is 8.09. The van der Waals surface area contributed by atoms with Gasteiger partial charge in [0.2, 0.25) is 5.91 Å². The molecule has 5 heteroatoms. The van der Waals surface area contributed by atoms with Gasteiger partial charge in [0.15, 0.2) is 0 Å². The monoisotopic (exact) mass is 280 g/mol. The highest BCUT2D eigenvalue weighted by atomic mass is 32.2. The van der Waals surface area contributed by atoms with Crippen LogP contribution < -0.4 is 5.73 Å². The third kappa shape index (κ3) is 4.14. The van der Waals surface area contributed by atoms with Crippen molar-refractivity contribution in [1.29, 1.82) is 0 Å². The average Bonchev–Trinajstić information content (AvgIpc) is 2.46. The van der Waals surface area contributed by atoms with Crippen LogP contribution in [0.15, 0.2) is 30.3 Å². The minimum absolute atomic E-state index is 0.00682. The van der Waals surface area contributed by atoms with E-state index >= 15 is 0 Å². The summed E-state index contributed by atoms with van der Waals surface area (Å²) in [5.41, 5.74) is 7.16. The molecular weight excluding hydrogens is 260 g/mol. The van der Waals surface area contributed by atoms with Crippen LogP contribution in [0.4, 0.5) is 0 Å². The van der Waals surface area contributed by atoms with Crippen LogP contribution in [0.3, 0.4) is 0 Å². The highest BCUT2D eigenvalue weighted by molar-refractivity contribution is 7.85. The summed E-state index contributed by atoms with van der Waals surface area (Å²) in [6.45, 7) is 1.15. The summed E-state index contributed by atoms with van der Waals surface area (Å²) in [5.74, 6) is 1.15. The Hall–Kier alpha value is -1.20. The first-order chi connectivity index (χ1) is 9.16. The van der Waals surface area contributed by atoms with Gasteiger partial charge >= 0.3 is 0 Å². The zero-order valence-electron chi connectivity index (χ0n) is 11.0. The van der Waals surface area contributed by atoms with Crippen molar-refractivity contribution in [1.82, 2.24) is 4.90 Å². The van der Waals surface area contributed by atoms with E-state index in [4.69, 9.17) is 5.73 Å². The number of amides is 1. The Balaban J connectivity index is 1.81. The minimum atomic E-state index is -0.759. The molecule has 1 aliphatic rings. The van der Waals surface area contributed by atoms with E-state index in [1.165, 1.54) is 5.56 Å². The first kappa shape index (κ1) is 14.2. The van der Waals surface area contributed by atoms with E-state index in [1.54, 1.807) is 4.90 Å². The summed E-state index contributed by atoms with van der Waals surface area (Å²) < 4.78 is 11.3. The quantitative estimate of drug-likeness (QED) is 0.875. The lowest BCUT2D eigenvalue weighted by molar-refractivity contribution is -0.132. The molecule has 2 rings (SSSR count). The molecule has 0 unspecified atom stereocenters. The lowest BCUT2D eigenvalue weighted by atomic mass is 10.0. The van der Waals surface area contributed by atoms with E-state index in [0.717, 1.165) is 6.42 Å². The minimum Gasteiger partial charge on any atom is -0.340 e. The number of carbonyl (C=O) groups is 1. The molecule has 2 N–H and O–H groups in total. The number of rotatable bonds is 4. The van der Waals surface area contributed by atoms with Gasteiger partial charge in [0, 0.05) is 35.4 Å². The number of hydrogen-bond donors (Lipinski definition) is 1. The fraction of sp³-hybridized carbons (Fsp3) is 0.500. The topological polar surface area (TPSA) is 63.4 Å². The molecule has 1 heterocycles. The van der Waals surface area contributed by atoms with Crippen LogP contribution in [0, 0.1) is 0 Å². The van der Waals surface area contributed by atoms with Crippen molar-refractivity contribution < 1.29 is 9.00 Å². The molecule has 0 aliphatic carbocycles. The fourth-order valence-corrected chi connectivity index (χ4v) is 3.24. The molecule has 0 aromatic heterocycles. The zero-order chi connectivity index (χ0) is 13.7. The van der Waals surface area contributed by atoms with Crippen molar-refractivity contribution in [3.8, 4) is 0 Å². The molecule has 0 saturated carbocycles. The Morgan fingerprint density at radius 3 is 2.53 bits per heavy atom. The highest BCUT2D eigenvalue weighted by Gasteiger charge is 2.24. The summed E-state index contributed by atoms with van der Waals surface area (Å²) >= 11 is 0. The maximum atomic E-state index is 12.1. The number of aryl methyl sites for hydroxylation is 1. The van der Waals surface area contributed by atoms with Gasteiger partial charge in [0.05, 0.1) is 6.04 Å². The predicted molar refractivity (Wildman–Crippen MR) is 77.2 cm³/mol. The Bertz CT molecular complexity index is 440. The molecular formula is C14H20N2O2S. The van der Waals surface area contributed by atoms with Gasteiger partial charge in [-0.25, -0.2) is 0 Å². The summed E-state index contributed by atoms with van der Waals surface area (Å²) in [4.78, 5) is 13.9. The van der Waals surface area contributed by atoms with Crippen molar-refractivity contribution in [2.24, 2.45) is 5.73 Å². The van der Waals surface area contributed by atoms with E-state index in [0.29, 0.717) is 31.0 Å². The largest absolute Gasteiger partial charge is 0.340 e. The SMILES string of the molecule is N[C@@H](CCc1ccccc1)C(=O)N1CCS(=O)CC1. The molecule has 0 radical (unpaired) electrons. The normalized spacial score (nSPS) is 18.3. The van der Waals surface area contributed by atoms with Gasteiger partial charge in [-0.2, -0.15) is 0 Å². The van der Waals surface area contributed by atoms with Crippen LogP contribution in [-0.4, -0.2) is 45.7 Å². The van der Waals surface area contributed by atoms with Crippen molar-refractivity contribution in [2.45, 2.75) is 18.9 Å².